The molecule has 0 bridgehead atoms. The van der Waals surface area contributed by atoms with Crippen LogP contribution < -0.4 is 0 Å². The molecule has 5 heterocycles. The van der Waals surface area contributed by atoms with Gasteiger partial charge in [-0.1, -0.05) is 50.5 Å². The monoisotopic (exact) mass is 852 g/mol. The lowest BCUT2D eigenvalue weighted by atomic mass is 9.52. The minimum atomic E-state index is -1.71. The van der Waals surface area contributed by atoms with E-state index in [-0.39, 0.29) is 29.6 Å². The standard InChI is InChI=1S/C44H68O16/c1-19-8-13-44(54-17-19)20(2)30-28(60-44)15-26-24-7-6-22-14-23(9-11-42(22,4)25(24)10-12-43(26,30)5)56-41-38(59-40-35(51)33(49)31(47)21(3)55-40)36(52)37(29(16-45)57-41)58-39-34(50)32(48)27(46)18-53-39/h6,19-21,23,25,27-41,45-52H,7-18H2,1-5H3/t19-,20+,21+,23+,25+,27-,28+,29-,30+,31+,32+,33-,34-,35-,36+,37-,38-,39+,40+,41-,42+,43+,44-/m1/s1. The fourth-order valence-electron chi connectivity index (χ4n) is 13.0. The summed E-state index contributed by atoms with van der Waals surface area (Å²) in [5.41, 5.74) is 4.51. The van der Waals surface area contributed by atoms with Crippen LogP contribution >= 0.6 is 0 Å². The van der Waals surface area contributed by atoms with Gasteiger partial charge in [0.25, 0.3) is 0 Å². The molecule has 5 aliphatic heterocycles. The maximum atomic E-state index is 11.9. The molecule has 340 valence electrons. The Morgan fingerprint density at radius 2 is 1.45 bits per heavy atom. The molecule has 9 rings (SSSR count). The lowest BCUT2D eigenvalue weighted by Gasteiger charge is -2.54. The zero-order valence-electron chi connectivity index (χ0n) is 35.5. The molecule has 16 nitrogen and oxygen atoms in total. The molecule has 16 heteroatoms. The van der Waals surface area contributed by atoms with Gasteiger partial charge < -0.3 is 78.7 Å². The summed E-state index contributed by atoms with van der Waals surface area (Å²) in [6.07, 6.45) is -9.91. The fraction of sp³-hybridized carbons (Fsp3) is 0.909. The van der Waals surface area contributed by atoms with Crippen molar-refractivity contribution < 1.29 is 78.7 Å². The van der Waals surface area contributed by atoms with E-state index in [1.807, 2.05) is 0 Å². The lowest BCUT2D eigenvalue weighted by Crippen LogP contribution is -2.66. The molecule has 0 radical (unpaired) electrons. The molecule has 0 unspecified atom stereocenters. The summed E-state index contributed by atoms with van der Waals surface area (Å²) in [7, 11) is 0. The number of aliphatic hydroxyl groups excluding tert-OH is 8. The van der Waals surface area contributed by atoms with Crippen LogP contribution in [0.15, 0.2) is 22.8 Å². The predicted octanol–water partition coefficient (Wildman–Crippen LogP) is 0.917. The molecule has 0 aromatic rings. The molecule has 23 atom stereocenters. The van der Waals surface area contributed by atoms with Gasteiger partial charge in [-0.05, 0) is 81.0 Å². The average molecular weight is 853 g/mol. The van der Waals surface area contributed by atoms with Crippen molar-refractivity contribution >= 4 is 0 Å². The molecule has 60 heavy (non-hydrogen) atoms. The van der Waals surface area contributed by atoms with Crippen LogP contribution in [0.5, 0.6) is 0 Å². The second-order valence-electron chi connectivity index (χ2n) is 20.2. The summed E-state index contributed by atoms with van der Waals surface area (Å²) in [5.74, 6) is 1.27. The van der Waals surface area contributed by atoms with Crippen molar-refractivity contribution in [3.05, 3.63) is 22.8 Å². The van der Waals surface area contributed by atoms with Crippen molar-refractivity contribution in [1.29, 1.82) is 0 Å². The highest BCUT2D eigenvalue weighted by atomic mass is 16.8. The van der Waals surface area contributed by atoms with E-state index in [9.17, 15) is 40.9 Å². The summed E-state index contributed by atoms with van der Waals surface area (Å²) >= 11 is 0. The lowest BCUT2D eigenvalue weighted by molar-refractivity contribution is -0.385. The van der Waals surface area contributed by atoms with Crippen molar-refractivity contribution in [2.75, 3.05) is 19.8 Å². The minimum Gasteiger partial charge on any atom is -0.394 e. The van der Waals surface area contributed by atoms with E-state index in [0.717, 1.165) is 51.6 Å². The third-order valence-electron chi connectivity index (χ3n) is 16.6. The van der Waals surface area contributed by atoms with Crippen LogP contribution in [0.25, 0.3) is 0 Å². The van der Waals surface area contributed by atoms with Gasteiger partial charge in [0.05, 0.1) is 38.1 Å². The first-order valence-electron chi connectivity index (χ1n) is 22.5. The van der Waals surface area contributed by atoms with Crippen LogP contribution in [0.1, 0.15) is 92.4 Å². The number of aliphatic hydroxyl groups is 8. The molecule has 4 aliphatic carbocycles. The molecule has 0 amide bonds. The van der Waals surface area contributed by atoms with E-state index in [4.69, 9.17) is 37.9 Å². The molecule has 5 saturated heterocycles. The van der Waals surface area contributed by atoms with E-state index in [0.29, 0.717) is 36.5 Å². The predicted molar refractivity (Wildman–Crippen MR) is 208 cm³/mol. The second-order valence-corrected chi connectivity index (χ2v) is 20.2. The van der Waals surface area contributed by atoms with Crippen LogP contribution in [-0.2, 0) is 37.9 Å². The van der Waals surface area contributed by atoms with E-state index in [2.05, 4.69) is 33.8 Å². The van der Waals surface area contributed by atoms with Gasteiger partial charge in [0.2, 0.25) is 0 Å². The average Bonchev–Trinajstić information content (AvgIpc) is 3.68. The van der Waals surface area contributed by atoms with Gasteiger partial charge in [0, 0.05) is 18.3 Å². The molecule has 9 aliphatic rings. The molecule has 0 aromatic heterocycles. The van der Waals surface area contributed by atoms with E-state index >= 15 is 0 Å². The number of ether oxygens (including phenoxy) is 8. The first-order valence-corrected chi connectivity index (χ1v) is 22.5. The van der Waals surface area contributed by atoms with Gasteiger partial charge in [-0.25, -0.2) is 0 Å². The maximum Gasteiger partial charge on any atom is 0.187 e. The zero-order chi connectivity index (χ0) is 42.6. The smallest absolute Gasteiger partial charge is 0.187 e. The quantitative estimate of drug-likeness (QED) is 0.166. The molecule has 1 spiro atoms. The van der Waals surface area contributed by atoms with E-state index in [1.165, 1.54) is 12.5 Å². The summed E-state index contributed by atoms with van der Waals surface area (Å²) in [5, 5.41) is 85.1. The second kappa shape index (κ2) is 16.4. The van der Waals surface area contributed by atoms with Gasteiger partial charge in [-0.3, -0.25) is 0 Å². The Morgan fingerprint density at radius 1 is 0.717 bits per heavy atom. The number of rotatable bonds is 7. The Balaban J connectivity index is 0.933. The Bertz CT molecular complexity index is 1630. The highest BCUT2D eigenvalue weighted by molar-refractivity contribution is 5.42. The van der Waals surface area contributed by atoms with Crippen LogP contribution in [-0.4, -0.2) is 165 Å². The molecule has 7 fully saturated rings. The van der Waals surface area contributed by atoms with Gasteiger partial charge in [0.1, 0.15) is 61.0 Å². The summed E-state index contributed by atoms with van der Waals surface area (Å²) < 4.78 is 49.7. The molecular weight excluding hydrogens is 784 g/mol. The zero-order valence-corrected chi connectivity index (χ0v) is 35.5. The van der Waals surface area contributed by atoms with Gasteiger partial charge in [0.15, 0.2) is 24.7 Å². The summed E-state index contributed by atoms with van der Waals surface area (Å²) in [6.45, 7) is 10.8. The van der Waals surface area contributed by atoms with Crippen LogP contribution in [0.3, 0.4) is 0 Å². The third kappa shape index (κ3) is 7.11. The molecule has 8 N–H and O–H groups in total. The van der Waals surface area contributed by atoms with Crippen LogP contribution in [0, 0.1) is 34.5 Å². The van der Waals surface area contributed by atoms with Crippen LogP contribution in [0.2, 0.25) is 0 Å². The Morgan fingerprint density at radius 3 is 2.18 bits per heavy atom. The number of allylic oxidation sites excluding steroid dienone is 2. The molecular formula is C44H68O16. The van der Waals surface area contributed by atoms with E-state index < -0.39 is 98.4 Å². The Hall–Kier alpha value is -1.16. The number of hydrogen-bond donors (Lipinski definition) is 8. The topological polar surface area (TPSA) is 236 Å². The first-order chi connectivity index (χ1) is 28.5. The Kier molecular flexibility index (Phi) is 12.0. The number of hydrogen-bond acceptors (Lipinski definition) is 16. The maximum absolute atomic E-state index is 11.9. The summed E-state index contributed by atoms with van der Waals surface area (Å²) in [6, 6.07) is 0. The van der Waals surface area contributed by atoms with Crippen molar-refractivity contribution in [3.8, 4) is 0 Å². The minimum absolute atomic E-state index is 0.0721. The van der Waals surface area contributed by atoms with Crippen molar-refractivity contribution in [3.63, 3.8) is 0 Å². The van der Waals surface area contributed by atoms with Crippen molar-refractivity contribution in [2.45, 2.75) is 196 Å². The fourth-order valence-corrected chi connectivity index (χ4v) is 13.0. The van der Waals surface area contributed by atoms with Crippen molar-refractivity contribution in [2.24, 2.45) is 34.5 Å². The third-order valence-corrected chi connectivity index (χ3v) is 16.6. The highest BCUT2D eigenvalue weighted by Crippen LogP contribution is 2.68. The number of fused-ring (bicyclic) bond motifs is 6. The Labute approximate surface area is 351 Å². The largest absolute Gasteiger partial charge is 0.394 e. The first kappa shape index (κ1) is 44.1. The van der Waals surface area contributed by atoms with E-state index in [1.54, 1.807) is 11.1 Å². The molecule has 2 saturated carbocycles. The van der Waals surface area contributed by atoms with Gasteiger partial charge in [-0.2, -0.15) is 0 Å². The van der Waals surface area contributed by atoms with Gasteiger partial charge >= 0.3 is 0 Å². The molecule has 0 aromatic carbocycles. The highest BCUT2D eigenvalue weighted by Gasteiger charge is 2.66. The van der Waals surface area contributed by atoms with Gasteiger partial charge in [-0.15, -0.1) is 0 Å². The normalized spacial score (nSPS) is 55.5. The van der Waals surface area contributed by atoms with Crippen LogP contribution in [0.4, 0.5) is 0 Å². The SMILES string of the molecule is C[C@@H]1CC[C@@]2(OC1)O[C@H]1CC3=C4CC=C5C[C@@H](O[C@@H]6O[C@H](CO)[C@@H](O[C@@H]7OC[C@@H](O)[C@H](O)[C@H]7O)[C@H](O)[C@H]6O[C@@H]6O[C@@H](C)[C@H](O)[C@@H](O)[C@H]6O)CC[C@]5(C)[C@H]4CC[C@]3(C)[C@H]1[C@@H]2C. The summed E-state index contributed by atoms with van der Waals surface area (Å²) in [4.78, 5) is 0. The van der Waals surface area contributed by atoms with Crippen molar-refractivity contribution in [1.82, 2.24) is 0 Å².